The lowest BCUT2D eigenvalue weighted by Crippen LogP contribution is -2.63. The van der Waals surface area contributed by atoms with Gasteiger partial charge in [0.2, 0.25) is 0 Å². The Kier molecular flexibility index (Phi) is 12.9. The highest BCUT2D eigenvalue weighted by molar-refractivity contribution is 5.01. The highest BCUT2D eigenvalue weighted by Crippen LogP contribution is 2.45. The third-order valence-corrected chi connectivity index (χ3v) is 10.7. The molecule has 274 valence electrons. The smallest absolute Gasteiger partial charge is 0.187 e. The maximum Gasteiger partial charge on any atom is 0.187 e. The first-order chi connectivity index (χ1) is 22.4. The van der Waals surface area contributed by atoms with Gasteiger partial charge < -0.3 is 83.9 Å². The number of ether oxygens (including phenoxy) is 8. The van der Waals surface area contributed by atoms with Gasteiger partial charge >= 0.3 is 0 Å². The molecule has 0 bridgehead atoms. The molecule has 2 aliphatic carbocycles. The molecule has 18 atom stereocenters. The lowest BCUT2D eigenvalue weighted by atomic mass is 9.72. The molecule has 17 nitrogen and oxygen atoms in total. The van der Waals surface area contributed by atoms with E-state index in [0.717, 1.165) is 0 Å². The summed E-state index contributed by atoms with van der Waals surface area (Å²) in [6, 6.07) is 0. The van der Waals surface area contributed by atoms with E-state index in [9.17, 15) is 46.0 Å². The topological polar surface area (TPSA) is 256 Å². The Morgan fingerprint density at radius 2 is 1.02 bits per heavy atom. The Labute approximate surface area is 272 Å². The minimum atomic E-state index is -1.67. The van der Waals surface area contributed by atoms with E-state index in [1.807, 2.05) is 0 Å². The Bertz CT molecular complexity index is 961. The Morgan fingerprint density at radius 1 is 0.511 bits per heavy atom. The summed E-state index contributed by atoms with van der Waals surface area (Å²) >= 11 is 0. The fourth-order valence-electron chi connectivity index (χ4n) is 7.91. The van der Waals surface area contributed by atoms with E-state index in [-0.39, 0.29) is 18.4 Å². The Morgan fingerprint density at radius 3 is 1.49 bits per heavy atom. The minimum Gasteiger partial charge on any atom is -0.394 e. The summed E-state index contributed by atoms with van der Waals surface area (Å²) in [7, 11) is 4.54. The summed E-state index contributed by atoms with van der Waals surface area (Å²) in [5.41, 5.74) is 0. The molecule has 9 N–H and O–H groups in total. The second kappa shape index (κ2) is 16.1. The molecular formula is C30H52O17. The maximum atomic E-state index is 10.8. The maximum absolute atomic E-state index is 10.8. The summed E-state index contributed by atoms with van der Waals surface area (Å²) in [4.78, 5) is 0. The predicted octanol–water partition coefficient (Wildman–Crippen LogP) is -4.26. The zero-order valence-corrected chi connectivity index (χ0v) is 26.8. The van der Waals surface area contributed by atoms with Gasteiger partial charge in [0.05, 0.1) is 55.9 Å². The molecule has 2 saturated carbocycles. The van der Waals surface area contributed by atoms with E-state index < -0.39 is 123 Å². The van der Waals surface area contributed by atoms with Crippen LogP contribution in [0.5, 0.6) is 0 Å². The van der Waals surface area contributed by atoms with Crippen molar-refractivity contribution in [3.8, 4) is 0 Å². The molecule has 47 heavy (non-hydrogen) atoms. The van der Waals surface area contributed by atoms with Crippen LogP contribution in [0, 0.1) is 11.8 Å². The van der Waals surface area contributed by atoms with Gasteiger partial charge in [-0.15, -0.1) is 0 Å². The minimum absolute atomic E-state index is 0.247. The fourth-order valence-corrected chi connectivity index (χ4v) is 7.91. The van der Waals surface area contributed by atoms with Crippen molar-refractivity contribution in [2.24, 2.45) is 11.8 Å². The third kappa shape index (κ3) is 7.67. The fraction of sp³-hybridized carbons (Fsp3) is 1.00. The van der Waals surface area contributed by atoms with E-state index in [4.69, 9.17) is 37.9 Å². The van der Waals surface area contributed by atoms with E-state index in [1.165, 1.54) is 14.2 Å². The summed E-state index contributed by atoms with van der Waals surface area (Å²) < 4.78 is 47.6. The molecule has 0 aromatic carbocycles. The van der Waals surface area contributed by atoms with Crippen molar-refractivity contribution < 1.29 is 83.9 Å². The van der Waals surface area contributed by atoms with Crippen molar-refractivity contribution in [1.82, 2.24) is 0 Å². The Balaban J connectivity index is 1.43. The van der Waals surface area contributed by atoms with E-state index in [1.54, 1.807) is 7.11 Å². The standard InChI is InChI=1S/C30H52O17/c1-40-12-6-14-13(15(7-12)44-29-26(38)24(36)22(34)19(9-31)46-29)8-18(45-30-27(39)25(37)23(35)20(10-32)47-30)28(43-14)11-4-16(41-2)21(33)17(5-11)42-3/h11-39H,4-10H2,1-3H3. The molecule has 18 unspecified atom stereocenters. The molecule has 5 rings (SSSR count). The van der Waals surface area contributed by atoms with Crippen molar-refractivity contribution in [1.29, 1.82) is 0 Å². The molecule has 3 heterocycles. The van der Waals surface area contributed by atoms with Gasteiger partial charge in [-0.1, -0.05) is 0 Å². The number of aliphatic hydroxyl groups excluding tert-OH is 9. The average Bonchev–Trinajstić information content (AvgIpc) is 3.08. The largest absolute Gasteiger partial charge is 0.394 e. The van der Waals surface area contributed by atoms with E-state index >= 15 is 0 Å². The van der Waals surface area contributed by atoms with Crippen LogP contribution >= 0.6 is 0 Å². The first kappa shape index (κ1) is 37.6. The van der Waals surface area contributed by atoms with Gasteiger partial charge in [0.25, 0.3) is 0 Å². The zero-order valence-electron chi connectivity index (χ0n) is 26.8. The third-order valence-electron chi connectivity index (χ3n) is 10.7. The van der Waals surface area contributed by atoms with Crippen LogP contribution in [0.25, 0.3) is 0 Å². The zero-order chi connectivity index (χ0) is 34.2. The van der Waals surface area contributed by atoms with Crippen LogP contribution in [0.3, 0.4) is 0 Å². The Hall–Kier alpha value is -0.680. The number of rotatable bonds is 10. The van der Waals surface area contributed by atoms with Crippen molar-refractivity contribution in [2.45, 2.75) is 142 Å². The molecule has 0 aromatic heterocycles. The van der Waals surface area contributed by atoms with Gasteiger partial charge in [-0.25, -0.2) is 0 Å². The van der Waals surface area contributed by atoms with E-state index in [2.05, 4.69) is 0 Å². The highest BCUT2D eigenvalue weighted by Gasteiger charge is 2.55. The van der Waals surface area contributed by atoms with E-state index in [0.29, 0.717) is 25.7 Å². The first-order valence-electron chi connectivity index (χ1n) is 16.3. The molecule has 0 amide bonds. The number of methoxy groups -OCH3 is 3. The summed E-state index contributed by atoms with van der Waals surface area (Å²) in [6.07, 6.45) is -18.2. The molecule has 17 heteroatoms. The molecule has 0 aromatic rings. The summed E-state index contributed by atoms with van der Waals surface area (Å²) in [5.74, 6) is -0.706. The lowest BCUT2D eigenvalue weighted by Gasteiger charge is -2.53. The van der Waals surface area contributed by atoms with Crippen LogP contribution < -0.4 is 0 Å². The molecular weight excluding hydrogens is 632 g/mol. The van der Waals surface area contributed by atoms with Crippen molar-refractivity contribution in [3.05, 3.63) is 0 Å². The number of fused-ring (bicyclic) bond motifs is 1. The van der Waals surface area contributed by atoms with Gasteiger partial charge in [-0.3, -0.25) is 0 Å². The van der Waals surface area contributed by atoms with Crippen LogP contribution in [0.15, 0.2) is 0 Å². The van der Waals surface area contributed by atoms with Gasteiger partial charge in [0.1, 0.15) is 54.9 Å². The van der Waals surface area contributed by atoms with Crippen LogP contribution in [0.1, 0.15) is 32.1 Å². The normalized spacial score (nSPS) is 52.6. The predicted molar refractivity (Wildman–Crippen MR) is 154 cm³/mol. The molecule has 5 aliphatic rings. The SMILES string of the molecule is COC1CC(OC2OC(CO)C(O)C(O)C2O)C2CC(OC3OC(CO)C(O)C(O)C3O)C(C3CC(OC)C(O)C(OC)C3)OC2C1. The van der Waals surface area contributed by atoms with Gasteiger partial charge in [0, 0.05) is 40.1 Å². The second-order valence-electron chi connectivity index (χ2n) is 13.4. The second-order valence-corrected chi connectivity index (χ2v) is 13.4. The van der Waals surface area contributed by atoms with Crippen molar-refractivity contribution in [2.75, 3.05) is 34.5 Å². The number of hydrogen-bond donors (Lipinski definition) is 9. The van der Waals surface area contributed by atoms with Crippen LogP contribution in [-0.4, -0.2) is 191 Å². The van der Waals surface area contributed by atoms with Crippen LogP contribution in [0.2, 0.25) is 0 Å². The van der Waals surface area contributed by atoms with Gasteiger partial charge in [0.15, 0.2) is 12.6 Å². The molecule has 3 saturated heterocycles. The highest BCUT2D eigenvalue weighted by atomic mass is 16.7. The molecule has 0 radical (unpaired) electrons. The van der Waals surface area contributed by atoms with Crippen molar-refractivity contribution in [3.63, 3.8) is 0 Å². The van der Waals surface area contributed by atoms with Gasteiger partial charge in [-0.2, -0.15) is 0 Å². The molecule has 5 fully saturated rings. The van der Waals surface area contributed by atoms with Crippen LogP contribution in [0.4, 0.5) is 0 Å². The molecule has 0 spiro atoms. The number of hydrogen-bond acceptors (Lipinski definition) is 17. The van der Waals surface area contributed by atoms with Gasteiger partial charge in [-0.05, 0) is 25.2 Å². The quantitative estimate of drug-likeness (QED) is 0.106. The first-order valence-corrected chi connectivity index (χ1v) is 16.3. The number of aliphatic hydroxyl groups is 9. The monoisotopic (exact) mass is 684 g/mol. The summed E-state index contributed by atoms with van der Waals surface area (Å²) in [5, 5.41) is 93.2. The summed E-state index contributed by atoms with van der Waals surface area (Å²) in [6.45, 7) is -1.26. The van der Waals surface area contributed by atoms with Crippen LogP contribution in [-0.2, 0) is 37.9 Å². The lowest BCUT2D eigenvalue weighted by molar-refractivity contribution is -0.345. The molecule has 3 aliphatic heterocycles. The average molecular weight is 685 g/mol. The van der Waals surface area contributed by atoms with Crippen molar-refractivity contribution >= 4 is 0 Å².